The molecule has 0 aromatic carbocycles. The topological polar surface area (TPSA) is 56.3 Å². The Morgan fingerprint density at radius 3 is 2.00 bits per heavy atom. The van der Waals surface area contributed by atoms with Gasteiger partial charge in [0.05, 0.1) is 0 Å². The van der Waals surface area contributed by atoms with Gasteiger partial charge in [-0.15, -0.1) is 11.3 Å². The molecule has 0 N–H and O–H groups in total. The van der Waals surface area contributed by atoms with Gasteiger partial charge in [0.2, 0.25) is 0 Å². The Kier molecular flexibility index (Phi) is 4.56. The predicted molar refractivity (Wildman–Crippen MR) is 51.9 cm³/mol. The third-order valence-corrected chi connectivity index (χ3v) is 3.68. The molecule has 122 valence electrons. The number of rotatable bonds is 4. The lowest BCUT2D eigenvalue weighted by Crippen LogP contribution is -2.31. The van der Waals surface area contributed by atoms with Crippen LogP contribution in [0.3, 0.4) is 0 Å². The fourth-order valence-electron chi connectivity index (χ4n) is 0.864. The highest BCUT2D eigenvalue weighted by atomic mass is 32.2. The molecule has 1 heterocycles. The number of aromatic nitrogens is 1. The summed E-state index contributed by atoms with van der Waals surface area (Å²) in [6, 6.07) is 0. The van der Waals surface area contributed by atoms with Crippen LogP contribution in [0.1, 0.15) is 10.7 Å². The fraction of sp³-hybridized carbons (Fsp3) is 0.571. The summed E-state index contributed by atoms with van der Waals surface area (Å²) in [5, 5.41) is -1.41. The van der Waals surface area contributed by atoms with Crippen LogP contribution in [0.25, 0.3) is 0 Å². The second-order valence-corrected chi connectivity index (χ2v) is 5.87. The van der Waals surface area contributed by atoms with Gasteiger partial charge in [0.1, 0.15) is 12.3 Å². The fourth-order valence-corrected chi connectivity index (χ4v) is 2.03. The second-order valence-electron chi connectivity index (χ2n) is 3.40. The summed E-state index contributed by atoms with van der Waals surface area (Å²) in [7, 11) is -6.29. The zero-order valence-corrected chi connectivity index (χ0v) is 10.9. The van der Waals surface area contributed by atoms with Crippen LogP contribution in [0.2, 0.25) is 0 Å². The molecule has 14 heteroatoms. The molecule has 0 fully saturated rings. The van der Waals surface area contributed by atoms with E-state index in [1.54, 1.807) is 0 Å². The van der Waals surface area contributed by atoms with Crippen molar-refractivity contribution in [3.05, 3.63) is 16.1 Å². The van der Waals surface area contributed by atoms with Crippen LogP contribution in [0.15, 0.2) is 5.38 Å². The van der Waals surface area contributed by atoms with Crippen molar-refractivity contribution in [3.63, 3.8) is 0 Å². The van der Waals surface area contributed by atoms with Crippen molar-refractivity contribution in [1.29, 1.82) is 0 Å². The van der Waals surface area contributed by atoms with Gasteiger partial charge in [0.25, 0.3) is 0 Å². The zero-order chi connectivity index (χ0) is 16.7. The van der Waals surface area contributed by atoms with Crippen LogP contribution in [0.4, 0.5) is 35.1 Å². The molecule has 0 saturated carbocycles. The molecule has 0 aliphatic heterocycles. The number of nitrogens with zero attached hydrogens (tertiary/aromatic N) is 1. The monoisotopic (exact) mass is 365 g/mol. The van der Waals surface area contributed by atoms with Crippen molar-refractivity contribution in [2.45, 2.75) is 17.6 Å². The van der Waals surface area contributed by atoms with Crippen LogP contribution < -0.4 is 0 Å². The third kappa shape index (κ3) is 4.23. The summed E-state index contributed by atoms with van der Waals surface area (Å²) >= 11 is -0.221. The molecule has 4 nitrogen and oxygen atoms in total. The first-order chi connectivity index (χ1) is 9.17. The summed E-state index contributed by atoms with van der Waals surface area (Å²) in [6.45, 7) is -2.32. The summed E-state index contributed by atoms with van der Waals surface area (Å²) < 4.78 is 123. The molecular formula is C7H3F8NO3S2. The normalized spacial score (nSPS) is 14.5. The van der Waals surface area contributed by atoms with Crippen molar-refractivity contribution >= 4 is 21.5 Å². The van der Waals surface area contributed by atoms with E-state index in [2.05, 4.69) is 9.17 Å². The SMILES string of the molecule is O=S(=O)(OCC(F)(F)c1csc(C(F)(F)F)n1)C(F)(F)F. The molecule has 0 radical (unpaired) electrons. The van der Waals surface area contributed by atoms with Gasteiger partial charge in [-0.25, -0.2) is 4.98 Å². The highest BCUT2D eigenvalue weighted by Crippen LogP contribution is 2.37. The highest BCUT2D eigenvalue weighted by molar-refractivity contribution is 7.87. The van der Waals surface area contributed by atoms with Gasteiger partial charge in [-0.2, -0.15) is 43.5 Å². The van der Waals surface area contributed by atoms with Crippen molar-refractivity contribution in [3.8, 4) is 0 Å². The number of alkyl halides is 8. The third-order valence-electron chi connectivity index (χ3n) is 1.80. The van der Waals surface area contributed by atoms with Crippen LogP contribution in [0, 0.1) is 0 Å². The lowest BCUT2D eigenvalue weighted by atomic mass is 10.3. The first-order valence-electron chi connectivity index (χ1n) is 4.53. The number of hydrogen-bond acceptors (Lipinski definition) is 5. The molecule has 1 rings (SSSR count). The largest absolute Gasteiger partial charge is 0.523 e. The minimum absolute atomic E-state index is 0.221. The predicted octanol–water partition coefficient (Wildman–Crippen LogP) is 3.12. The van der Waals surface area contributed by atoms with Crippen LogP contribution in [-0.4, -0.2) is 25.5 Å². The van der Waals surface area contributed by atoms with Crippen LogP contribution in [0.5, 0.6) is 0 Å². The molecule has 0 unspecified atom stereocenters. The van der Waals surface area contributed by atoms with Crippen molar-refractivity contribution in [2.24, 2.45) is 0 Å². The number of halogens is 8. The Labute approximate surface area is 115 Å². The average Bonchev–Trinajstić information content (AvgIpc) is 2.74. The van der Waals surface area contributed by atoms with E-state index in [-0.39, 0.29) is 16.7 Å². The summed E-state index contributed by atoms with van der Waals surface area (Å²) in [5.41, 5.74) is -7.47. The number of thiazole rings is 1. The minimum Gasteiger partial charge on any atom is -0.256 e. The second kappa shape index (κ2) is 5.31. The van der Waals surface area contributed by atoms with E-state index in [1.165, 1.54) is 0 Å². The Morgan fingerprint density at radius 1 is 1.10 bits per heavy atom. The summed E-state index contributed by atoms with van der Waals surface area (Å²) in [6.07, 6.45) is -5.02. The van der Waals surface area contributed by atoms with Gasteiger partial charge >= 0.3 is 27.7 Å². The van der Waals surface area contributed by atoms with Gasteiger partial charge in [-0.05, 0) is 0 Å². The number of hydrogen-bond donors (Lipinski definition) is 0. The van der Waals surface area contributed by atoms with E-state index in [0.717, 1.165) is 0 Å². The molecule has 0 amide bonds. The van der Waals surface area contributed by atoms with E-state index in [9.17, 15) is 43.5 Å². The maximum Gasteiger partial charge on any atom is 0.523 e. The van der Waals surface area contributed by atoms with Gasteiger partial charge < -0.3 is 0 Å². The Bertz CT molecular complexity index is 602. The molecule has 21 heavy (non-hydrogen) atoms. The van der Waals surface area contributed by atoms with Crippen LogP contribution >= 0.6 is 11.3 Å². The smallest absolute Gasteiger partial charge is 0.256 e. The van der Waals surface area contributed by atoms with E-state index < -0.39 is 45.0 Å². The highest BCUT2D eigenvalue weighted by Gasteiger charge is 2.50. The van der Waals surface area contributed by atoms with Gasteiger partial charge in [0.15, 0.2) is 5.01 Å². The summed E-state index contributed by atoms with van der Waals surface area (Å²) in [4.78, 5) is 2.50. The summed E-state index contributed by atoms with van der Waals surface area (Å²) in [5.74, 6) is -4.45. The molecule has 1 aromatic rings. The van der Waals surface area contributed by atoms with E-state index in [4.69, 9.17) is 0 Å². The Hall–Kier alpha value is -1.02. The molecule has 1 aromatic heterocycles. The quantitative estimate of drug-likeness (QED) is 0.467. The van der Waals surface area contributed by atoms with E-state index in [1.807, 2.05) is 0 Å². The van der Waals surface area contributed by atoms with Crippen molar-refractivity contribution < 1.29 is 47.7 Å². The molecular weight excluding hydrogens is 362 g/mol. The first-order valence-corrected chi connectivity index (χ1v) is 6.82. The average molecular weight is 365 g/mol. The molecule has 0 saturated heterocycles. The van der Waals surface area contributed by atoms with Gasteiger partial charge in [-0.3, -0.25) is 4.18 Å². The molecule has 0 bridgehead atoms. The first kappa shape index (κ1) is 18.0. The Morgan fingerprint density at radius 2 is 1.62 bits per heavy atom. The lowest BCUT2D eigenvalue weighted by Gasteiger charge is -2.15. The van der Waals surface area contributed by atoms with Crippen molar-refractivity contribution in [2.75, 3.05) is 6.61 Å². The zero-order valence-electron chi connectivity index (χ0n) is 9.30. The van der Waals surface area contributed by atoms with Gasteiger partial charge in [0, 0.05) is 5.38 Å². The van der Waals surface area contributed by atoms with Crippen molar-refractivity contribution in [1.82, 2.24) is 4.98 Å². The maximum absolute atomic E-state index is 13.3. The standard InChI is InChI=1S/C7H3F8NO3S2/c8-5(9,2-19-21(17,18)7(13,14)15)3-1-20-4(16-3)6(10,11)12/h1H,2H2. The van der Waals surface area contributed by atoms with Gasteiger partial charge in [-0.1, -0.05) is 0 Å². The maximum atomic E-state index is 13.3. The molecule has 0 atom stereocenters. The molecule has 0 aliphatic carbocycles. The van der Waals surface area contributed by atoms with E-state index in [0.29, 0.717) is 0 Å². The minimum atomic E-state index is -6.29. The van der Waals surface area contributed by atoms with Crippen LogP contribution in [-0.2, 0) is 26.4 Å². The Balaban J connectivity index is 2.91. The molecule has 0 spiro atoms. The molecule has 0 aliphatic rings. The van der Waals surface area contributed by atoms with E-state index >= 15 is 0 Å². The lowest BCUT2D eigenvalue weighted by molar-refractivity contribution is -0.138.